The lowest BCUT2D eigenvalue weighted by molar-refractivity contribution is -0.137. The van der Waals surface area contributed by atoms with E-state index in [0.29, 0.717) is 39.6 Å². The Bertz CT molecular complexity index is 1390. The number of hydrogen-bond acceptors (Lipinski definition) is 6. The van der Waals surface area contributed by atoms with Crippen LogP contribution in [0.2, 0.25) is 0 Å². The number of aryl methyl sites for hydroxylation is 1. The van der Waals surface area contributed by atoms with E-state index >= 15 is 0 Å². The predicted octanol–water partition coefficient (Wildman–Crippen LogP) is 5.40. The van der Waals surface area contributed by atoms with Crippen molar-refractivity contribution in [2.75, 3.05) is 5.32 Å². The molecule has 2 aromatic carbocycles. The Morgan fingerprint density at radius 2 is 1.86 bits per heavy atom. The third kappa shape index (κ3) is 5.65. The second kappa shape index (κ2) is 9.56. The number of nitrogens with one attached hydrogen (secondary N) is 2. The van der Waals surface area contributed by atoms with Crippen LogP contribution in [0.25, 0.3) is 22.6 Å². The molecule has 0 saturated heterocycles. The summed E-state index contributed by atoms with van der Waals surface area (Å²) in [7, 11) is 0. The van der Waals surface area contributed by atoms with Gasteiger partial charge in [0, 0.05) is 40.8 Å². The monoisotopic (exact) mass is 478 g/mol. The maximum Gasteiger partial charge on any atom is 0.416 e. The van der Waals surface area contributed by atoms with Gasteiger partial charge in [-0.2, -0.15) is 18.4 Å². The molecule has 2 heterocycles. The molecular weight excluding hydrogens is 457 g/mol. The molecule has 1 unspecified atom stereocenters. The molecule has 0 fully saturated rings. The van der Waals surface area contributed by atoms with Crippen LogP contribution in [0.3, 0.4) is 0 Å². The zero-order valence-corrected chi connectivity index (χ0v) is 18.9. The quantitative estimate of drug-likeness (QED) is 0.342. The van der Waals surface area contributed by atoms with E-state index in [1.165, 1.54) is 12.1 Å². The normalized spacial score (nSPS) is 12.3. The van der Waals surface area contributed by atoms with Crippen molar-refractivity contribution < 1.29 is 18.3 Å². The highest BCUT2D eigenvalue weighted by Crippen LogP contribution is 2.31. The van der Waals surface area contributed by atoms with Crippen molar-refractivity contribution in [2.45, 2.75) is 32.5 Å². The van der Waals surface area contributed by atoms with Crippen LogP contribution in [0.1, 0.15) is 29.4 Å². The van der Waals surface area contributed by atoms with Crippen molar-refractivity contribution >= 4 is 11.6 Å². The average molecular weight is 478 g/mol. The van der Waals surface area contributed by atoms with E-state index in [0.717, 1.165) is 17.8 Å². The SMILES string of the molecule is Cc1cnc(-c2ccc(Nc3nc(CC(C)O)cc(-c4ccc(C(F)(F)F)cc4)n3)cc2C#N)[nH]1. The Kier molecular flexibility index (Phi) is 6.53. The summed E-state index contributed by atoms with van der Waals surface area (Å²) in [5.74, 6) is 0.758. The van der Waals surface area contributed by atoms with Crippen molar-refractivity contribution in [1.29, 1.82) is 5.26 Å². The molecule has 0 aliphatic rings. The first kappa shape index (κ1) is 23.9. The molecule has 0 spiro atoms. The molecule has 4 aromatic rings. The summed E-state index contributed by atoms with van der Waals surface area (Å²) in [5, 5.41) is 22.5. The van der Waals surface area contributed by atoms with Gasteiger partial charge >= 0.3 is 6.18 Å². The molecule has 10 heteroatoms. The summed E-state index contributed by atoms with van der Waals surface area (Å²) in [6.07, 6.45) is -3.22. The van der Waals surface area contributed by atoms with Gasteiger partial charge in [-0.25, -0.2) is 15.0 Å². The zero-order valence-electron chi connectivity index (χ0n) is 18.9. The van der Waals surface area contributed by atoms with Crippen molar-refractivity contribution in [3.63, 3.8) is 0 Å². The number of benzene rings is 2. The van der Waals surface area contributed by atoms with E-state index in [-0.39, 0.29) is 12.4 Å². The lowest BCUT2D eigenvalue weighted by Gasteiger charge is -2.13. The van der Waals surface area contributed by atoms with Crippen LogP contribution in [0, 0.1) is 18.3 Å². The van der Waals surface area contributed by atoms with E-state index in [4.69, 9.17) is 0 Å². The molecule has 0 radical (unpaired) electrons. The van der Waals surface area contributed by atoms with E-state index in [1.807, 2.05) is 6.92 Å². The molecule has 3 N–H and O–H groups in total. The molecule has 0 amide bonds. The van der Waals surface area contributed by atoms with Gasteiger partial charge in [0.1, 0.15) is 5.82 Å². The molecule has 7 nitrogen and oxygen atoms in total. The molecule has 0 aliphatic carbocycles. The van der Waals surface area contributed by atoms with Crippen LogP contribution >= 0.6 is 0 Å². The number of hydrogen-bond donors (Lipinski definition) is 3. The molecule has 0 aliphatic heterocycles. The highest BCUT2D eigenvalue weighted by atomic mass is 19.4. The maximum absolute atomic E-state index is 12.9. The number of H-pyrrole nitrogens is 1. The minimum atomic E-state index is -4.44. The third-order valence-electron chi connectivity index (χ3n) is 5.15. The van der Waals surface area contributed by atoms with Gasteiger partial charge in [0.05, 0.1) is 29.0 Å². The second-order valence-corrected chi connectivity index (χ2v) is 8.11. The number of anilines is 2. The number of halogens is 3. The Morgan fingerprint density at radius 1 is 1.11 bits per heavy atom. The molecule has 2 aromatic heterocycles. The summed E-state index contributed by atoms with van der Waals surface area (Å²) >= 11 is 0. The molecular formula is C25H21F3N6O. The summed E-state index contributed by atoms with van der Waals surface area (Å²) in [6.45, 7) is 3.48. The van der Waals surface area contributed by atoms with Crippen molar-refractivity contribution in [3.05, 3.63) is 77.2 Å². The first-order valence-corrected chi connectivity index (χ1v) is 10.7. The third-order valence-corrected chi connectivity index (χ3v) is 5.15. The largest absolute Gasteiger partial charge is 0.416 e. The van der Waals surface area contributed by atoms with Crippen molar-refractivity contribution in [3.8, 4) is 28.7 Å². The lowest BCUT2D eigenvalue weighted by Crippen LogP contribution is -2.09. The summed E-state index contributed by atoms with van der Waals surface area (Å²) in [5.41, 5.74) is 3.05. The summed E-state index contributed by atoms with van der Waals surface area (Å²) < 4.78 is 38.8. The van der Waals surface area contributed by atoms with Gasteiger partial charge in [-0.1, -0.05) is 12.1 Å². The first-order chi connectivity index (χ1) is 16.6. The fourth-order valence-corrected chi connectivity index (χ4v) is 3.54. The number of rotatable bonds is 6. The van der Waals surface area contributed by atoms with Gasteiger partial charge in [-0.15, -0.1) is 0 Å². The first-order valence-electron chi connectivity index (χ1n) is 10.7. The van der Waals surface area contributed by atoms with Gasteiger partial charge in [-0.05, 0) is 50.2 Å². The Morgan fingerprint density at radius 3 is 2.46 bits per heavy atom. The van der Waals surface area contributed by atoms with Gasteiger partial charge < -0.3 is 15.4 Å². The summed E-state index contributed by atoms with van der Waals surface area (Å²) in [6, 6.07) is 13.6. The number of nitriles is 1. The van der Waals surface area contributed by atoms with E-state index in [2.05, 4.69) is 31.3 Å². The Labute approximate surface area is 199 Å². The Balaban J connectivity index is 1.68. The number of alkyl halides is 3. The van der Waals surface area contributed by atoms with E-state index in [1.54, 1.807) is 37.4 Å². The van der Waals surface area contributed by atoms with Crippen LogP contribution in [0.15, 0.2) is 54.7 Å². The molecule has 0 saturated carbocycles. The molecule has 35 heavy (non-hydrogen) atoms. The number of aromatic nitrogens is 4. The highest BCUT2D eigenvalue weighted by molar-refractivity contribution is 5.71. The van der Waals surface area contributed by atoms with E-state index in [9.17, 15) is 23.5 Å². The number of aliphatic hydroxyl groups excluding tert-OH is 1. The van der Waals surface area contributed by atoms with Crippen molar-refractivity contribution in [1.82, 2.24) is 19.9 Å². The number of aliphatic hydroxyl groups is 1. The fourth-order valence-electron chi connectivity index (χ4n) is 3.54. The van der Waals surface area contributed by atoms with Crippen LogP contribution in [-0.2, 0) is 12.6 Å². The van der Waals surface area contributed by atoms with Crippen LogP contribution in [0.4, 0.5) is 24.8 Å². The standard InChI is InChI=1S/C25H21F3N6O/c1-14-13-30-23(31-14)21-8-7-19(10-17(21)12-29)32-24-33-20(9-15(2)35)11-22(34-24)16-3-5-18(6-4-16)25(26,27)28/h3-8,10-11,13,15,35H,9H2,1-2H3,(H,30,31)(H,32,33,34). The maximum atomic E-state index is 12.9. The Hall–Kier alpha value is -4.23. The van der Waals surface area contributed by atoms with Gasteiger partial charge in [0.25, 0.3) is 0 Å². The zero-order chi connectivity index (χ0) is 25.2. The highest BCUT2D eigenvalue weighted by Gasteiger charge is 2.30. The molecule has 1 atom stereocenters. The molecule has 178 valence electrons. The summed E-state index contributed by atoms with van der Waals surface area (Å²) in [4.78, 5) is 16.2. The average Bonchev–Trinajstić information content (AvgIpc) is 3.24. The number of nitrogens with zero attached hydrogens (tertiary/aromatic N) is 4. The van der Waals surface area contributed by atoms with Gasteiger partial charge in [-0.3, -0.25) is 0 Å². The molecule has 4 rings (SSSR count). The second-order valence-electron chi connectivity index (χ2n) is 8.11. The van der Waals surface area contributed by atoms with Gasteiger partial charge in [0.2, 0.25) is 5.95 Å². The lowest BCUT2D eigenvalue weighted by atomic mass is 10.1. The van der Waals surface area contributed by atoms with Crippen LogP contribution < -0.4 is 5.32 Å². The smallest absolute Gasteiger partial charge is 0.393 e. The van der Waals surface area contributed by atoms with Crippen LogP contribution in [0.5, 0.6) is 0 Å². The van der Waals surface area contributed by atoms with Crippen molar-refractivity contribution in [2.24, 2.45) is 0 Å². The van der Waals surface area contributed by atoms with Crippen LogP contribution in [-0.4, -0.2) is 31.1 Å². The fraction of sp³-hybridized carbons (Fsp3) is 0.200. The van der Waals surface area contributed by atoms with E-state index < -0.39 is 17.8 Å². The number of imidazole rings is 1. The van der Waals surface area contributed by atoms with Gasteiger partial charge in [0.15, 0.2) is 0 Å². The minimum Gasteiger partial charge on any atom is -0.393 e. The topological polar surface area (TPSA) is 111 Å². The molecule has 0 bridgehead atoms. The number of aromatic amines is 1. The minimum absolute atomic E-state index is 0.184. The predicted molar refractivity (Wildman–Crippen MR) is 125 cm³/mol.